The van der Waals surface area contributed by atoms with Gasteiger partial charge in [-0.25, -0.2) is 0 Å². The van der Waals surface area contributed by atoms with Crippen LogP contribution in [0.15, 0.2) is 12.1 Å². The molecule has 40 heavy (non-hydrogen) atoms. The predicted octanol–water partition coefficient (Wildman–Crippen LogP) is 7.67. The quantitative estimate of drug-likeness (QED) is 0.0726. The minimum atomic E-state index is -0.760. The number of hydrogen-bond acceptors (Lipinski definition) is 7. The molecule has 1 N–H and O–H groups in total. The van der Waals surface area contributed by atoms with Gasteiger partial charge in [-0.1, -0.05) is 73.6 Å². The van der Waals surface area contributed by atoms with Crippen molar-refractivity contribution < 1.29 is 29.4 Å². The minimum Gasteiger partial charge on any atom is -0.508 e. The molecular formula is C32H49NO7. The molecule has 0 amide bonds. The van der Waals surface area contributed by atoms with E-state index in [9.17, 15) is 24.8 Å². The highest BCUT2D eigenvalue weighted by atomic mass is 16.9. The van der Waals surface area contributed by atoms with Crippen molar-refractivity contribution in [2.75, 3.05) is 6.61 Å². The Hall–Kier alpha value is -2.64. The van der Waals surface area contributed by atoms with E-state index in [4.69, 9.17) is 4.74 Å². The van der Waals surface area contributed by atoms with E-state index in [1.165, 1.54) is 0 Å². The summed E-state index contributed by atoms with van der Waals surface area (Å²) >= 11 is 0. The van der Waals surface area contributed by atoms with Crippen molar-refractivity contribution in [2.24, 2.45) is 23.2 Å². The highest BCUT2D eigenvalue weighted by Gasteiger charge is 2.59. The summed E-state index contributed by atoms with van der Waals surface area (Å²) in [6, 6.07) is 3.73. The van der Waals surface area contributed by atoms with E-state index in [1.807, 2.05) is 6.07 Å². The van der Waals surface area contributed by atoms with Gasteiger partial charge in [0.1, 0.15) is 17.3 Å². The van der Waals surface area contributed by atoms with Crippen LogP contribution in [0.3, 0.4) is 0 Å². The lowest BCUT2D eigenvalue weighted by atomic mass is 9.44. The first-order valence-electron chi connectivity index (χ1n) is 15.2. The van der Waals surface area contributed by atoms with Crippen LogP contribution < -0.4 is 4.74 Å². The number of nitrogens with zero attached hydrogens (tertiary/aromatic N) is 1. The van der Waals surface area contributed by atoms with Crippen LogP contribution in [0.1, 0.15) is 129 Å². The Morgan fingerprint density at radius 1 is 1.15 bits per heavy atom. The van der Waals surface area contributed by atoms with Crippen LogP contribution in [0.5, 0.6) is 11.5 Å². The molecule has 0 unspecified atom stereocenters. The van der Waals surface area contributed by atoms with Gasteiger partial charge in [0.2, 0.25) is 0 Å². The lowest BCUT2D eigenvalue weighted by Crippen LogP contribution is -2.56. The summed E-state index contributed by atoms with van der Waals surface area (Å²) in [5, 5.41) is 21.0. The Kier molecular flexibility index (Phi) is 10.6. The van der Waals surface area contributed by atoms with Crippen LogP contribution in [0.4, 0.5) is 0 Å². The first-order chi connectivity index (χ1) is 18.8. The lowest BCUT2D eigenvalue weighted by molar-refractivity contribution is -0.757. The topological polar surface area (TPSA) is 116 Å². The number of ketones is 1. The van der Waals surface area contributed by atoms with Crippen LogP contribution in [-0.2, 0) is 19.8 Å². The maximum Gasteiger partial charge on any atom is 0.314 e. The van der Waals surface area contributed by atoms with Crippen molar-refractivity contribution >= 4 is 11.8 Å². The second kappa shape index (κ2) is 13.3. The summed E-state index contributed by atoms with van der Waals surface area (Å²) in [4.78, 5) is 41.1. The molecule has 0 radical (unpaired) electrons. The summed E-state index contributed by atoms with van der Waals surface area (Å²) in [7, 11) is 0. The molecule has 224 valence electrons. The molecule has 3 saturated carbocycles. The number of esters is 1. The van der Waals surface area contributed by atoms with E-state index in [2.05, 4.69) is 46.4 Å². The van der Waals surface area contributed by atoms with Crippen LogP contribution in [0.2, 0.25) is 0 Å². The molecule has 3 aliphatic carbocycles. The minimum absolute atomic E-state index is 0.0738. The fraction of sp³-hybridized carbons (Fsp3) is 0.750. The number of carbonyl (C=O) groups is 2. The number of unbranched alkanes of at least 4 members (excludes halogenated alkanes) is 3. The Morgan fingerprint density at radius 2 is 1.80 bits per heavy atom. The molecule has 0 saturated heterocycles. The molecule has 8 nitrogen and oxygen atoms in total. The number of phenolic OH excluding ortho intramolecular Hbond substituents is 1. The van der Waals surface area contributed by atoms with E-state index in [0.717, 1.165) is 63.4 Å². The Bertz CT molecular complexity index is 1060. The molecule has 0 aromatic heterocycles. The number of carbonyl (C=O) groups excluding carboxylic acids is 2. The highest BCUT2D eigenvalue weighted by Crippen LogP contribution is 2.64. The van der Waals surface area contributed by atoms with Gasteiger partial charge in [0.05, 0.1) is 12.5 Å². The van der Waals surface area contributed by atoms with E-state index < -0.39 is 5.09 Å². The highest BCUT2D eigenvalue weighted by molar-refractivity contribution is 5.86. The maximum absolute atomic E-state index is 13.4. The van der Waals surface area contributed by atoms with Gasteiger partial charge >= 0.3 is 5.97 Å². The summed E-state index contributed by atoms with van der Waals surface area (Å²) < 4.78 is 6.16. The summed E-state index contributed by atoms with van der Waals surface area (Å²) in [6.07, 6.45) is 8.59. The average molecular weight is 560 g/mol. The second-order valence-corrected chi connectivity index (χ2v) is 13.2. The molecule has 1 aromatic rings. The summed E-state index contributed by atoms with van der Waals surface area (Å²) in [6.45, 7) is 12.7. The number of rotatable bonds is 16. The average Bonchev–Trinajstić information content (AvgIpc) is 2.86. The third-order valence-corrected chi connectivity index (χ3v) is 9.62. The largest absolute Gasteiger partial charge is 0.508 e. The second-order valence-electron chi connectivity index (χ2n) is 13.2. The van der Waals surface area contributed by atoms with Gasteiger partial charge in [0.25, 0.3) is 5.09 Å². The van der Waals surface area contributed by atoms with Gasteiger partial charge in [-0.2, -0.15) is 0 Å². The number of ether oxygens (including phenoxy) is 1. The van der Waals surface area contributed by atoms with Crippen molar-refractivity contribution in [3.05, 3.63) is 33.4 Å². The van der Waals surface area contributed by atoms with Crippen molar-refractivity contribution in [3.8, 4) is 11.5 Å². The number of aromatic hydroxyl groups is 1. The number of Topliss-reactive ketones (excluding diaryl/α,β-unsaturated/α-hetero) is 1. The van der Waals surface area contributed by atoms with E-state index in [1.54, 1.807) is 6.07 Å². The monoisotopic (exact) mass is 559 g/mol. The fourth-order valence-electron chi connectivity index (χ4n) is 7.03. The lowest BCUT2D eigenvalue weighted by Gasteiger charge is -2.59. The zero-order chi connectivity index (χ0) is 29.7. The number of hydrogen-bond donors (Lipinski definition) is 1. The van der Waals surface area contributed by atoms with E-state index in [0.29, 0.717) is 24.2 Å². The molecule has 1 aromatic carbocycles. The van der Waals surface area contributed by atoms with Gasteiger partial charge in [-0.05, 0) is 66.5 Å². The zero-order valence-corrected chi connectivity index (χ0v) is 25.3. The molecule has 8 heteroatoms. The third kappa shape index (κ3) is 7.16. The molecular weight excluding hydrogens is 510 g/mol. The number of benzene rings is 1. The normalized spacial score (nSPS) is 21.7. The van der Waals surface area contributed by atoms with Crippen molar-refractivity contribution in [2.45, 2.75) is 124 Å². The van der Waals surface area contributed by atoms with E-state index in [-0.39, 0.29) is 58.6 Å². The van der Waals surface area contributed by atoms with Gasteiger partial charge in [0, 0.05) is 23.8 Å². The fourth-order valence-corrected chi connectivity index (χ4v) is 7.03. The Morgan fingerprint density at radius 3 is 2.38 bits per heavy atom. The van der Waals surface area contributed by atoms with Crippen LogP contribution in [0.25, 0.3) is 0 Å². The molecule has 0 spiro atoms. The SMILES string of the molecule is CCCC(CCC)C(=O)Oc1cc(C(C)(C)CCCCCCO[N+](=O)[O-])cc(O)c1[C@H]1CC(=O)[C@H]2C[C@H]1C2(C)C. The smallest absolute Gasteiger partial charge is 0.314 e. The molecule has 3 atom stereocenters. The molecule has 0 aliphatic heterocycles. The Labute approximate surface area is 239 Å². The van der Waals surface area contributed by atoms with Gasteiger partial charge < -0.3 is 14.7 Å². The molecule has 0 heterocycles. The van der Waals surface area contributed by atoms with Gasteiger partial charge in [-0.3, -0.25) is 9.59 Å². The van der Waals surface area contributed by atoms with E-state index >= 15 is 0 Å². The van der Waals surface area contributed by atoms with Gasteiger partial charge in [0.15, 0.2) is 0 Å². The number of phenols is 1. The van der Waals surface area contributed by atoms with Crippen LogP contribution >= 0.6 is 0 Å². The van der Waals surface area contributed by atoms with Crippen molar-refractivity contribution in [1.29, 1.82) is 0 Å². The summed E-state index contributed by atoms with van der Waals surface area (Å²) in [5.41, 5.74) is 1.06. The first kappa shape index (κ1) is 31.9. The first-order valence-corrected chi connectivity index (χ1v) is 15.2. The third-order valence-electron chi connectivity index (χ3n) is 9.62. The Balaban J connectivity index is 1.87. The molecule has 3 fully saturated rings. The van der Waals surface area contributed by atoms with Gasteiger partial charge in [-0.15, -0.1) is 10.1 Å². The molecule has 4 rings (SSSR count). The standard InChI is InChI=1S/C32H49NO7/c1-7-13-21(14-8-2)30(36)40-28-18-22(31(3,4)15-11-9-10-12-16-39-33(37)38)17-27(35)29(28)23-19-26(34)25-20-24(23)32(25,5)6/h17-18,21,23-25,35H,7-16,19-20H2,1-6H3/t23-,24+,25+/m0/s1. The zero-order valence-electron chi connectivity index (χ0n) is 25.3. The maximum atomic E-state index is 13.4. The van der Waals surface area contributed by atoms with Crippen molar-refractivity contribution in [3.63, 3.8) is 0 Å². The summed E-state index contributed by atoms with van der Waals surface area (Å²) in [5.74, 6) is 0.431. The van der Waals surface area contributed by atoms with Crippen molar-refractivity contribution in [1.82, 2.24) is 0 Å². The predicted molar refractivity (Wildman–Crippen MR) is 154 cm³/mol. The molecule has 3 aliphatic rings. The number of fused-ring (bicyclic) bond motifs is 2. The molecule has 2 bridgehead atoms. The van der Waals surface area contributed by atoms with Crippen LogP contribution in [0, 0.1) is 33.3 Å². The van der Waals surface area contributed by atoms with Crippen LogP contribution in [-0.4, -0.2) is 28.6 Å².